The van der Waals surface area contributed by atoms with E-state index in [-0.39, 0.29) is 18.5 Å². The first kappa shape index (κ1) is 30.5. The van der Waals surface area contributed by atoms with Crippen molar-refractivity contribution < 1.29 is 18.0 Å². The number of anilines is 1. The third-order valence-corrected chi connectivity index (χ3v) is 8.88. The second-order valence-electron chi connectivity index (χ2n) is 9.74. The van der Waals surface area contributed by atoms with Crippen LogP contribution in [0.25, 0.3) is 0 Å². The maximum Gasteiger partial charge on any atom is 0.244 e. The molecule has 1 aliphatic rings. The fraction of sp³-hybridized carbons (Fsp3) is 0.481. The summed E-state index contributed by atoms with van der Waals surface area (Å²) in [5.41, 5.74) is 1.62. The molecule has 2 amide bonds. The van der Waals surface area contributed by atoms with Crippen LogP contribution in [0.2, 0.25) is 15.1 Å². The second-order valence-corrected chi connectivity index (χ2v) is 12.9. The standard InChI is InChI=1S/C27H34Cl3N3O4S/c1-4-24(27(35)31-21-8-6-5-7-9-21)32(16-19-10-12-22(29)23(30)15-19)26(34)17-33(38(3,36)37)25-13-11-20(28)14-18(25)2/h10-15,21,24H,4-9,16-17H2,1-3H3,(H,31,35)/t24-/m1/s1. The fourth-order valence-electron chi connectivity index (χ4n) is 4.79. The highest BCUT2D eigenvalue weighted by Gasteiger charge is 2.33. The Hall–Kier alpha value is -2.00. The van der Waals surface area contributed by atoms with Crippen LogP contribution in [0, 0.1) is 6.92 Å². The van der Waals surface area contributed by atoms with E-state index in [4.69, 9.17) is 34.8 Å². The molecule has 38 heavy (non-hydrogen) atoms. The van der Waals surface area contributed by atoms with Crippen LogP contribution < -0.4 is 9.62 Å². The molecule has 1 atom stereocenters. The van der Waals surface area contributed by atoms with Crippen molar-refractivity contribution in [3.8, 4) is 0 Å². The molecular weight excluding hydrogens is 569 g/mol. The Kier molecular flexibility index (Phi) is 10.7. The van der Waals surface area contributed by atoms with Crippen molar-refractivity contribution in [3.05, 3.63) is 62.6 Å². The van der Waals surface area contributed by atoms with Crippen molar-refractivity contribution in [1.82, 2.24) is 10.2 Å². The number of nitrogens with one attached hydrogen (secondary N) is 1. The van der Waals surface area contributed by atoms with Crippen LogP contribution in [0.4, 0.5) is 5.69 Å². The number of carbonyl (C=O) groups is 2. The number of nitrogens with zero attached hydrogens (tertiary/aromatic N) is 2. The summed E-state index contributed by atoms with van der Waals surface area (Å²) in [5.74, 6) is -0.761. The Bertz CT molecular complexity index is 1270. The smallest absolute Gasteiger partial charge is 0.244 e. The van der Waals surface area contributed by atoms with Gasteiger partial charge >= 0.3 is 0 Å². The van der Waals surface area contributed by atoms with Crippen molar-refractivity contribution in [2.75, 3.05) is 17.1 Å². The van der Waals surface area contributed by atoms with Crippen LogP contribution in [-0.4, -0.2) is 50.0 Å². The number of rotatable bonds is 10. The molecule has 0 heterocycles. The van der Waals surface area contributed by atoms with Gasteiger partial charge in [-0.1, -0.05) is 67.1 Å². The molecule has 0 bridgehead atoms. The van der Waals surface area contributed by atoms with Gasteiger partial charge in [-0.25, -0.2) is 8.42 Å². The van der Waals surface area contributed by atoms with E-state index in [9.17, 15) is 18.0 Å². The van der Waals surface area contributed by atoms with Crippen molar-refractivity contribution in [2.24, 2.45) is 0 Å². The number of amides is 2. The summed E-state index contributed by atoms with van der Waals surface area (Å²) in [6.07, 6.45) is 6.46. The van der Waals surface area contributed by atoms with Crippen LogP contribution in [0.3, 0.4) is 0 Å². The third kappa shape index (κ3) is 8.01. The van der Waals surface area contributed by atoms with E-state index in [2.05, 4.69) is 5.32 Å². The molecule has 2 aromatic carbocycles. The lowest BCUT2D eigenvalue weighted by Crippen LogP contribution is -2.54. The topological polar surface area (TPSA) is 86.8 Å². The van der Waals surface area contributed by atoms with E-state index in [1.807, 2.05) is 6.92 Å². The lowest BCUT2D eigenvalue weighted by atomic mass is 9.95. The Morgan fingerprint density at radius 1 is 1.03 bits per heavy atom. The van der Waals surface area contributed by atoms with Gasteiger partial charge in [0.15, 0.2) is 0 Å². The molecular formula is C27H34Cl3N3O4S. The molecule has 11 heteroatoms. The van der Waals surface area contributed by atoms with Gasteiger partial charge in [-0.2, -0.15) is 0 Å². The first-order valence-corrected chi connectivity index (χ1v) is 15.7. The highest BCUT2D eigenvalue weighted by atomic mass is 35.5. The Labute approximate surface area is 240 Å². The molecule has 7 nitrogen and oxygen atoms in total. The largest absolute Gasteiger partial charge is 0.352 e. The molecule has 0 spiro atoms. The monoisotopic (exact) mass is 601 g/mol. The first-order valence-electron chi connectivity index (χ1n) is 12.7. The van der Waals surface area contributed by atoms with Gasteiger partial charge in [0, 0.05) is 17.6 Å². The number of carbonyl (C=O) groups excluding carboxylic acids is 2. The molecule has 0 radical (unpaired) electrons. The van der Waals surface area contributed by atoms with Gasteiger partial charge in [-0.3, -0.25) is 13.9 Å². The van der Waals surface area contributed by atoms with Crippen LogP contribution in [0.15, 0.2) is 36.4 Å². The predicted octanol–water partition coefficient (Wildman–Crippen LogP) is 5.98. The van der Waals surface area contributed by atoms with E-state index >= 15 is 0 Å². The summed E-state index contributed by atoms with van der Waals surface area (Å²) in [6.45, 7) is 3.14. The molecule has 2 aromatic rings. The van der Waals surface area contributed by atoms with E-state index in [0.717, 1.165) is 42.7 Å². The highest BCUT2D eigenvalue weighted by Crippen LogP contribution is 2.27. The molecule has 0 saturated heterocycles. The maximum absolute atomic E-state index is 13.9. The second kappa shape index (κ2) is 13.4. The average Bonchev–Trinajstić information content (AvgIpc) is 2.85. The molecule has 3 rings (SSSR count). The number of hydrogen-bond donors (Lipinski definition) is 1. The van der Waals surface area contributed by atoms with Crippen LogP contribution in [0.1, 0.15) is 56.6 Å². The van der Waals surface area contributed by atoms with Crippen LogP contribution in [0.5, 0.6) is 0 Å². The molecule has 0 aliphatic heterocycles. The summed E-state index contributed by atoms with van der Waals surface area (Å²) >= 11 is 18.4. The van der Waals surface area contributed by atoms with Gasteiger partial charge in [-0.05, 0) is 67.6 Å². The normalized spacial score (nSPS) is 15.1. The van der Waals surface area contributed by atoms with Crippen molar-refractivity contribution in [2.45, 2.75) is 71.0 Å². The zero-order valence-corrected chi connectivity index (χ0v) is 24.9. The first-order chi connectivity index (χ1) is 17.9. The summed E-state index contributed by atoms with van der Waals surface area (Å²) < 4.78 is 26.7. The summed E-state index contributed by atoms with van der Waals surface area (Å²) in [7, 11) is -3.84. The number of sulfonamides is 1. The van der Waals surface area contributed by atoms with E-state index in [0.29, 0.717) is 38.3 Å². The molecule has 208 valence electrons. The fourth-order valence-corrected chi connectivity index (χ4v) is 6.25. The number of aryl methyl sites for hydroxylation is 1. The summed E-state index contributed by atoms with van der Waals surface area (Å²) in [6, 6.07) is 9.06. The van der Waals surface area contributed by atoms with Gasteiger partial charge < -0.3 is 10.2 Å². The van der Waals surface area contributed by atoms with E-state index in [1.54, 1.807) is 43.3 Å². The predicted molar refractivity (Wildman–Crippen MR) is 154 cm³/mol. The third-order valence-electron chi connectivity index (χ3n) is 6.78. The zero-order chi connectivity index (χ0) is 28.0. The number of halogens is 3. The van der Waals surface area contributed by atoms with Crippen molar-refractivity contribution in [1.29, 1.82) is 0 Å². The van der Waals surface area contributed by atoms with Gasteiger partial charge in [-0.15, -0.1) is 0 Å². The van der Waals surface area contributed by atoms with Gasteiger partial charge in [0.2, 0.25) is 21.8 Å². The summed E-state index contributed by atoms with van der Waals surface area (Å²) in [4.78, 5) is 28.7. The highest BCUT2D eigenvalue weighted by molar-refractivity contribution is 7.92. The minimum Gasteiger partial charge on any atom is -0.352 e. The quantitative estimate of drug-likeness (QED) is 0.363. The van der Waals surface area contributed by atoms with Crippen LogP contribution >= 0.6 is 34.8 Å². The van der Waals surface area contributed by atoms with Crippen LogP contribution in [-0.2, 0) is 26.2 Å². The van der Waals surface area contributed by atoms with Gasteiger partial charge in [0.25, 0.3) is 0 Å². The van der Waals surface area contributed by atoms with E-state index < -0.39 is 28.5 Å². The SMILES string of the molecule is CC[C@H](C(=O)NC1CCCCC1)N(Cc1ccc(Cl)c(Cl)c1)C(=O)CN(c1ccc(Cl)cc1C)S(C)(=O)=O. The van der Waals surface area contributed by atoms with E-state index in [1.165, 1.54) is 4.90 Å². The lowest BCUT2D eigenvalue weighted by molar-refractivity contribution is -0.140. The van der Waals surface area contributed by atoms with Gasteiger partial charge in [0.1, 0.15) is 12.6 Å². The zero-order valence-electron chi connectivity index (χ0n) is 21.8. The molecule has 1 fully saturated rings. The lowest BCUT2D eigenvalue weighted by Gasteiger charge is -2.34. The molecule has 1 saturated carbocycles. The summed E-state index contributed by atoms with van der Waals surface area (Å²) in [5, 5.41) is 4.27. The molecule has 1 N–H and O–H groups in total. The van der Waals surface area contributed by atoms with Gasteiger partial charge in [0.05, 0.1) is 22.0 Å². The Morgan fingerprint density at radius 3 is 2.29 bits per heavy atom. The van der Waals surface area contributed by atoms with Crippen molar-refractivity contribution >= 4 is 62.3 Å². The average molecular weight is 603 g/mol. The van der Waals surface area contributed by atoms with Crippen molar-refractivity contribution in [3.63, 3.8) is 0 Å². The number of benzene rings is 2. The minimum atomic E-state index is -3.84. The maximum atomic E-state index is 13.9. The molecule has 0 aromatic heterocycles. The Balaban J connectivity index is 1.95. The molecule has 0 unspecified atom stereocenters. The Morgan fingerprint density at radius 2 is 1.71 bits per heavy atom. The number of hydrogen-bond acceptors (Lipinski definition) is 4. The molecule has 1 aliphatic carbocycles. The minimum absolute atomic E-state index is 0.0590.